The van der Waals surface area contributed by atoms with E-state index in [-0.39, 0.29) is 0 Å². The molecule has 2 heteroatoms. The van der Waals surface area contributed by atoms with Crippen molar-refractivity contribution in [3.63, 3.8) is 0 Å². The van der Waals surface area contributed by atoms with Gasteiger partial charge in [-0.25, -0.2) is 0 Å². The van der Waals surface area contributed by atoms with Gasteiger partial charge in [-0.15, -0.1) is 0 Å². The molecule has 2 rings (SSSR count). The first kappa shape index (κ1) is 12.9. The lowest BCUT2D eigenvalue weighted by molar-refractivity contribution is 1.09. The van der Waals surface area contributed by atoms with E-state index >= 15 is 0 Å². The summed E-state index contributed by atoms with van der Waals surface area (Å²) in [5, 5.41) is 0. The first-order chi connectivity index (χ1) is 8.58. The number of rotatable bonds is 3. The number of hydrogen-bond donors (Lipinski definition) is 1. The maximum atomic E-state index is 4.52. The van der Waals surface area contributed by atoms with Crippen molar-refractivity contribution in [2.45, 2.75) is 47.5 Å². The Labute approximate surface area is 110 Å². The first-order valence-corrected chi connectivity index (χ1v) is 6.72. The van der Waals surface area contributed by atoms with Crippen molar-refractivity contribution < 1.29 is 0 Å². The number of nitrogens with one attached hydrogen (secondary N) is 1. The van der Waals surface area contributed by atoms with Crippen LogP contribution in [0.5, 0.6) is 0 Å². The molecule has 2 nitrogen and oxygen atoms in total. The fourth-order valence-corrected chi connectivity index (χ4v) is 2.62. The van der Waals surface area contributed by atoms with Crippen LogP contribution in [-0.4, -0.2) is 11.2 Å². The summed E-state index contributed by atoms with van der Waals surface area (Å²) < 4.78 is 0. The summed E-state index contributed by atoms with van der Waals surface area (Å²) in [4.78, 5) is 8.00. The molecule has 0 bridgehead atoms. The third-order valence-corrected chi connectivity index (χ3v) is 3.83. The molecule has 1 aromatic rings. The van der Waals surface area contributed by atoms with E-state index in [0.29, 0.717) is 0 Å². The van der Waals surface area contributed by atoms with Crippen molar-refractivity contribution in [1.82, 2.24) is 4.98 Å². The van der Waals surface area contributed by atoms with Crippen LogP contribution in [0.25, 0.3) is 6.08 Å². The molecule has 0 atom stereocenters. The summed E-state index contributed by atoms with van der Waals surface area (Å²) in [7, 11) is 0. The molecule has 0 aliphatic carbocycles. The Kier molecular flexibility index (Phi) is 3.55. The van der Waals surface area contributed by atoms with Gasteiger partial charge in [-0.2, -0.15) is 0 Å². The zero-order valence-electron chi connectivity index (χ0n) is 12.0. The van der Waals surface area contributed by atoms with Crippen molar-refractivity contribution in [1.29, 1.82) is 0 Å². The number of aromatic nitrogens is 1. The Morgan fingerprint density at radius 1 is 1.17 bits per heavy atom. The average Bonchev–Trinajstić information content (AvgIpc) is 2.82. The monoisotopic (exact) mass is 242 g/mol. The lowest BCUT2D eigenvalue weighted by Gasteiger charge is -2.03. The van der Waals surface area contributed by atoms with Crippen molar-refractivity contribution in [2.24, 2.45) is 4.99 Å². The third kappa shape index (κ3) is 2.07. The minimum atomic E-state index is 1.04. The van der Waals surface area contributed by atoms with Gasteiger partial charge in [0.05, 0.1) is 5.70 Å². The predicted octanol–water partition coefficient (Wildman–Crippen LogP) is 4.35. The van der Waals surface area contributed by atoms with Crippen LogP contribution in [0.2, 0.25) is 0 Å². The topological polar surface area (TPSA) is 28.1 Å². The van der Waals surface area contributed by atoms with Gasteiger partial charge in [0.25, 0.3) is 0 Å². The largest absolute Gasteiger partial charge is 0.359 e. The summed E-state index contributed by atoms with van der Waals surface area (Å²) >= 11 is 0. The maximum Gasteiger partial charge on any atom is 0.0685 e. The van der Waals surface area contributed by atoms with E-state index in [9.17, 15) is 0 Å². The number of aliphatic imine (C=N–C) groups is 1. The fraction of sp³-hybridized carbons (Fsp3) is 0.438. The SMILES string of the molecule is CCC1=C(C)C=N/C1=C\c1[nH]c(C)c(C)c1CC. The van der Waals surface area contributed by atoms with Gasteiger partial charge >= 0.3 is 0 Å². The molecule has 0 spiro atoms. The Morgan fingerprint density at radius 2 is 1.89 bits per heavy atom. The number of allylic oxidation sites excluding steroid dienone is 2. The second-order valence-electron chi connectivity index (χ2n) is 4.92. The van der Waals surface area contributed by atoms with Crippen molar-refractivity contribution in [2.75, 3.05) is 0 Å². The van der Waals surface area contributed by atoms with Gasteiger partial charge < -0.3 is 4.98 Å². The van der Waals surface area contributed by atoms with Crippen LogP contribution in [0.3, 0.4) is 0 Å². The van der Waals surface area contributed by atoms with Crippen molar-refractivity contribution in [3.8, 4) is 0 Å². The van der Waals surface area contributed by atoms with Crippen LogP contribution in [0.4, 0.5) is 0 Å². The third-order valence-electron chi connectivity index (χ3n) is 3.83. The minimum absolute atomic E-state index is 1.04. The smallest absolute Gasteiger partial charge is 0.0685 e. The van der Waals surface area contributed by atoms with Crippen molar-refractivity contribution >= 4 is 12.3 Å². The van der Waals surface area contributed by atoms with E-state index in [2.05, 4.69) is 50.7 Å². The summed E-state index contributed by atoms with van der Waals surface area (Å²) in [5.74, 6) is 0. The Balaban J connectivity index is 2.47. The zero-order valence-corrected chi connectivity index (χ0v) is 12.0. The minimum Gasteiger partial charge on any atom is -0.359 e. The van der Waals surface area contributed by atoms with Gasteiger partial charge in [0.15, 0.2) is 0 Å². The van der Waals surface area contributed by atoms with Gasteiger partial charge in [-0.3, -0.25) is 4.99 Å². The second kappa shape index (κ2) is 4.97. The lowest BCUT2D eigenvalue weighted by atomic mass is 10.0. The predicted molar refractivity (Wildman–Crippen MR) is 79.1 cm³/mol. The second-order valence-corrected chi connectivity index (χ2v) is 4.92. The molecule has 2 heterocycles. The molecule has 0 radical (unpaired) electrons. The number of H-pyrrole nitrogens is 1. The molecule has 96 valence electrons. The van der Waals surface area contributed by atoms with Crippen LogP contribution in [0.1, 0.15) is 49.7 Å². The molecule has 1 aliphatic rings. The van der Waals surface area contributed by atoms with Gasteiger partial charge in [-0.1, -0.05) is 13.8 Å². The highest BCUT2D eigenvalue weighted by Gasteiger charge is 2.14. The molecular formula is C16H22N2. The van der Waals surface area contributed by atoms with Gasteiger partial charge in [0, 0.05) is 17.6 Å². The molecule has 0 fully saturated rings. The normalized spacial score (nSPS) is 17.3. The molecule has 18 heavy (non-hydrogen) atoms. The van der Waals surface area contributed by atoms with Crippen LogP contribution in [0, 0.1) is 13.8 Å². The molecule has 0 unspecified atom stereocenters. The van der Waals surface area contributed by atoms with Crippen LogP contribution in [0.15, 0.2) is 21.8 Å². The standard InChI is InChI=1S/C16H22N2/c1-6-13-10(3)9-17-15(13)8-16-14(7-2)11(4)12(5)18-16/h8-9,18H,6-7H2,1-5H3/b15-8-. The van der Waals surface area contributed by atoms with Gasteiger partial charge in [-0.05, 0) is 62.0 Å². The van der Waals surface area contributed by atoms with Crippen LogP contribution < -0.4 is 0 Å². The van der Waals surface area contributed by atoms with Crippen LogP contribution in [-0.2, 0) is 6.42 Å². The van der Waals surface area contributed by atoms with Crippen LogP contribution >= 0.6 is 0 Å². The summed E-state index contributed by atoms with van der Waals surface area (Å²) in [6.45, 7) is 10.8. The number of aryl methyl sites for hydroxylation is 1. The highest BCUT2D eigenvalue weighted by atomic mass is 14.8. The highest BCUT2D eigenvalue weighted by Crippen LogP contribution is 2.28. The van der Waals surface area contributed by atoms with E-state index < -0.39 is 0 Å². The zero-order chi connectivity index (χ0) is 13.3. The van der Waals surface area contributed by atoms with Gasteiger partial charge in [0.2, 0.25) is 0 Å². The number of aromatic amines is 1. The fourth-order valence-electron chi connectivity index (χ4n) is 2.62. The molecule has 0 amide bonds. The average molecular weight is 242 g/mol. The Bertz CT molecular complexity index is 554. The Morgan fingerprint density at radius 3 is 2.50 bits per heavy atom. The molecule has 0 saturated heterocycles. The number of hydrogen-bond acceptors (Lipinski definition) is 1. The molecule has 1 aromatic heterocycles. The van der Waals surface area contributed by atoms with E-state index in [1.54, 1.807) is 0 Å². The lowest BCUT2D eigenvalue weighted by Crippen LogP contribution is -1.88. The molecule has 1 N–H and O–H groups in total. The maximum absolute atomic E-state index is 4.52. The molecular weight excluding hydrogens is 220 g/mol. The van der Waals surface area contributed by atoms with E-state index in [0.717, 1.165) is 18.5 Å². The molecule has 0 saturated carbocycles. The van der Waals surface area contributed by atoms with Crippen molar-refractivity contribution in [3.05, 3.63) is 39.4 Å². The molecule has 1 aliphatic heterocycles. The number of nitrogens with zero attached hydrogens (tertiary/aromatic N) is 1. The summed E-state index contributed by atoms with van der Waals surface area (Å²) in [6, 6.07) is 0. The first-order valence-electron chi connectivity index (χ1n) is 6.72. The van der Waals surface area contributed by atoms with E-state index in [4.69, 9.17) is 0 Å². The summed E-state index contributed by atoms with van der Waals surface area (Å²) in [6.07, 6.45) is 6.27. The van der Waals surface area contributed by atoms with Gasteiger partial charge in [0.1, 0.15) is 0 Å². The van der Waals surface area contributed by atoms with E-state index in [1.807, 2.05) is 6.21 Å². The Hall–Kier alpha value is -1.57. The molecule has 0 aromatic carbocycles. The van der Waals surface area contributed by atoms with E-state index in [1.165, 1.54) is 33.7 Å². The quantitative estimate of drug-likeness (QED) is 0.816. The summed E-state index contributed by atoms with van der Waals surface area (Å²) in [5.41, 5.74) is 9.05. The highest BCUT2D eigenvalue weighted by molar-refractivity contribution is 5.87.